The van der Waals surface area contributed by atoms with Crippen LogP contribution in [0.4, 0.5) is 0 Å². The highest BCUT2D eigenvalue weighted by Gasteiger charge is 2.22. The van der Waals surface area contributed by atoms with Crippen molar-refractivity contribution in [2.45, 2.75) is 25.6 Å². The van der Waals surface area contributed by atoms with Crippen LogP contribution in [0.3, 0.4) is 0 Å². The molecule has 1 heterocycles. The zero-order valence-electron chi connectivity index (χ0n) is 12.7. The van der Waals surface area contributed by atoms with Gasteiger partial charge in [-0.2, -0.15) is 5.26 Å². The van der Waals surface area contributed by atoms with E-state index in [9.17, 15) is 0 Å². The van der Waals surface area contributed by atoms with E-state index in [0.717, 1.165) is 23.1 Å². The highest BCUT2D eigenvalue weighted by molar-refractivity contribution is 5.64. The normalized spacial score (nSPS) is 21.3. The van der Waals surface area contributed by atoms with Gasteiger partial charge in [0.1, 0.15) is 6.10 Å². The molecule has 0 bridgehead atoms. The quantitative estimate of drug-likeness (QED) is 0.856. The number of ether oxygens (including phenoxy) is 2. The van der Waals surface area contributed by atoms with Gasteiger partial charge in [0.25, 0.3) is 0 Å². The van der Waals surface area contributed by atoms with E-state index in [1.165, 1.54) is 0 Å². The van der Waals surface area contributed by atoms with Crippen LogP contribution in [0.25, 0.3) is 11.1 Å². The number of nitriles is 1. The van der Waals surface area contributed by atoms with Crippen molar-refractivity contribution in [2.75, 3.05) is 13.2 Å². The molecule has 2 atom stereocenters. The van der Waals surface area contributed by atoms with Gasteiger partial charge in [-0.25, -0.2) is 0 Å². The Hall–Kier alpha value is -2.15. The lowest BCUT2D eigenvalue weighted by Gasteiger charge is -2.29. The molecule has 2 aromatic rings. The summed E-state index contributed by atoms with van der Waals surface area (Å²) in [4.78, 5) is 0. The van der Waals surface area contributed by atoms with Gasteiger partial charge in [-0.05, 0) is 35.2 Å². The van der Waals surface area contributed by atoms with E-state index in [1.807, 2.05) is 24.3 Å². The van der Waals surface area contributed by atoms with Crippen LogP contribution >= 0.6 is 0 Å². The summed E-state index contributed by atoms with van der Waals surface area (Å²) in [6, 6.07) is 18.1. The second kappa shape index (κ2) is 6.74. The van der Waals surface area contributed by atoms with Crippen molar-refractivity contribution >= 4 is 0 Å². The molecule has 22 heavy (non-hydrogen) atoms. The van der Waals surface area contributed by atoms with Crippen molar-refractivity contribution in [3.63, 3.8) is 0 Å². The van der Waals surface area contributed by atoms with Crippen LogP contribution in [0.5, 0.6) is 0 Å². The second-order valence-electron chi connectivity index (χ2n) is 5.50. The van der Waals surface area contributed by atoms with E-state index >= 15 is 0 Å². The maximum Gasteiger partial charge on any atom is 0.106 e. The molecule has 0 amide bonds. The highest BCUT2D eigenvalue weighted by atomic mass is 16.6. The molecule has 112 valence electrons. The molecule has 1 saturated heterocycles. The fourth-order valence-electron chi connectivity index (χ4n) is 2.60. The third-order valence-electron chi connectivity index (χ3n) is 4.05. The molecular formula is C19H19NO2. The predicted octanol–water partition coefficient (Wildman–Crippen LogP) is 4.09. The molecule has 3 rings (SSSR count). The topological polar surface area (TPSA) is 42.2 Å². The van der Waals surface area contributed by atoms with Crippen LogP contribution in [0.15, 0.2) is 48.5 Å². The summed E-state index contributed by atoms with van der Waals surface area (Å²) in [7, 11) is 0. The predicted molar refractivity (Wildman–Crippen MR) is 85.3 cm³/mol. The van der Waals surface area contributed by atoms with E-state index in [-0.39, 0.29) is 12.2 Å². The third-order valence-corrected chi connectivity index (χ3v) is 4.05. The van der Waals surface area contributed by atoms with Crippen molar-refractivity contribution < 1.29 is 9.47 Å². The maximum absolute atomic E-state index is 8.84. The van der Waals surface area contributed by atoms with Crippen molar-refractivity contribution in [1.29, 1.82) is 5.26 Å². The first-order valence-electron chi connectivity index (χ1n) is 7.64. The molecule has 1 aliphatic rings. The summed E-state index contributed by atoms with van der Waals surface area (Å²) < 4.78 is 11.7. The molecule has 0 aromatic heterocycles. The van der Waals surface area contributed by atoms with E-state index in [0.29, 0.717) is 18.8 Å². The second-order valence-corrected chi connectivity index (χ2v) is 5.50. The molecule has 1 aliphatic heterocycles. The van der Waals surface area contributed by atoms with E-state index in [1.54, 1.807) is 0 Å². The Morgan fingerprint density at radius 2 is 1.59 bits per heavy atom. The molecule has 0 radical (unpaired) electrons. The summed E-state index contributed by atoms with van der Waals surface area (Å²) in [5.41, 5.74) is 4.07. The van der Waals surface area contributed by atoms with Gasteiger partial charge in [-0.15, -0.1) is 0 Å². The van der Waals surface area contributed by atoms with Gasteiger partial charge in [0.05, 0.1) is 31.0 Å². The first-order chi connectivity index (χ1) is 10.8. The average molecular weight is 293 g/mol. The third kappa shape index (κ3) is 3.19. The smallest absolute Gasteiger partial charge is 0.106 e. The molecule has 2 aromatic carbocycles. The minimum absolute atomic E-state index is 0.0258. The number of hydrogen-bond donors (Lipinski definition) is 0. The fourth-order valence-corrected chi connectivity index (χ4v) is 2.60. The Labute approximate surface area is 131 Å². The molecule has 0 N–H and O–H groups in total. The largest absolute Gasteiger partial charge is 0.373 e. The van der Waals surface area contributed by atoms with Gasteiger partial charge in [-0.3, -0.25) is 0 Å². The summed E-state index contributed by atoms with van der Waals surface area (Å²) >= 11 is 0. The molecule has 0 aliphatic carbocycles. The van der Waals surface area contributed by atoms with Crippen LogP contribution in [-0.4, -0.2) is 19.3 Å². The number of benzene rings is 2. The van der Waals surface area contributed by atoms with Crippen molar-refractivity contribution in [1.82, 2.24) is 0 Å². The van der Waals surface area contributed by atoms with Gasteiger partial charge < -0.3 is 9.47 Å². The van der Waals surface area contributed by atoms with Crippen LogP contribution in [0, 0.1) is 11.3 Å². The SMILES string of the molecule is CCC1COC(c2ccc(-c3ccc(C#N)cc3)cc2)CO1. The van der Waals surface area contributed by atoms with Gasteiger partial charge in [0.2, 0.25) is 0 Å². The van der Waals surface area contributed by atoms with Crippen LogP contribution in [0.1, 0.15) is 30.6 Å². The minimum atomic E-state index is 0.0258. The van der Waals surface area contributed by atoms with Gasteiger partial charge in [-0.1, -0.05) is 43.3 Å². The highest BCUT2D eigenvalue weighted by Crippen LogP contribution is 2.27. The summed E-state index contributed by atoms with van der Waals surface area (Å²) in [5.74, 6) is 0. The van der Waals surface area contributed by atoms with Gasteiger partial charge >= 0.3 is 0 Å². The lowest BCUT2D eigenvalue weighted by atomic mass is 10.0. The standard InChI is InChI=1S/C19H19NO2/c1-2-18-12-22-19(13-21-18)17-9-7-16(8-10-17)15-5-3-14(11-20)4-6-15/h3-10,18-19H,2,12-13H2,1H3. The molecular weight excluding hydrogens is 274 g/mol. The molecule has 1 fully saturated rings. The zero-order chi connectivity index (χ0) is 15.4. The minimum Gasteiger partial charge on any atom is -0.373 e. The van der Waals surface area contributed by atoms with Crippen LogP contribution < -0.4 is 0 Å². The van der Waals surface area contributed by atoms with E-state index < -0.39 is 0 Å². The van der Waals surface area contributed by atoms with Gasteiger partial charge in [0.15, 0.2) is 0 Å². The number of hydrogen-bond acceptors (Lipinski definition) is 3. The molecule has 3 nitrogen and oxygen atoms in total. The van der Waals surface area contributed by atoms with E-state index in [4.69, 9.17) is 14.7 Å². The Balaban J connectivity index is 1.71. The number of nitrogens with zero attached hydrogens (tertiary/aromatic N) is 1. The van der Waals surface area contributed by atoms with E-state index in [2.05, 4.69) is 37.3 Å². The Kier molecular flexibility index (Phi) is 4.53. The monoisotopic (exact) mass is 293 g/mol. The summed E-state index contributed by atoms with van der Waals surface area (Å²) in [6.07, 6.45) is 1.25. The lowest BCUT2D eigenvalue weighted by molar-refractivity contribution is -0.135. The Morgan fingerprint density at radius 3 is 2.09 bits per heavy atom. The Bertz CT molecular complexity index is 647. The maximum atomic E-state index is 8.84. The molecule has 0 spiro atoms. The van der Waals surface area contributed by atoms with Crippen molar-refractivity contribution in [2.24, 2.45) is 0 Å². The van der Waals surface area contributed by atoms with Crippen LogP contribution in [-0.2, 0) is 9.47 Å². The van der Waals surface area contributed by atoms with Crippen LogP contribution in [0.2, 0.25) is 0 Å². The summed E-state index contributed by atoms with van der Waals surface area (Å²) in [6.45, 7) is 3.40. The van der Waals surface area contributed by atoms with Crippen molar-refractivity contribution in [3.8, 4) is 17.2 Å². The lowest BCUT2D eigenvalue weighted by Crippen LogP contribution is -2.30. The average Bonchev–Trinajstić information content (AvgIpc) is 2.62. The molecule has 0 saturated carbocycles. The summed E-state index contributed by atoms with van der Waals surface area (Å²) in [5, 5.41) is 8.84. The van der Waals surface area contributed by atoms with Gasteiger partial charge in [0, 0.05) is 0 Å². The first-order valence-corrected chi connectivity index (χ1v) is 7.64. The fraction of sp³-hybridized carbons (Fsp3) is 0.316. The molecule has 2 unspecified atom stereocenters. The zero-order valence-corrected chi connectivity index (χ0v) is 12.7. The number of rotatable bonds is 3. The van der Waals surface area contributed by atoms with Crippen molar-refractivity contribution in [3.05, 3.63) is 59.7 Å². The Morgan fingerprint density at radius 1 is 0.955 bits per heavy atom. The molecule has 3 heteroatoms. The first kappa shape index (κ1) is 14.8.